The highest BCUT2D eigenvalue weighted by molar-refractivity contribution is 7.07. The van der Waals surface area contributed by atoms with Crippen LogP contribution in [-0.4, -0.2) is 13.1 Å². The van der Waals surface area contributed by atoms with E-state index in [9.17, 15) is 0 Å². The Balaban J connectivity index is 1.72. The molecule has 0 spiro atoms. The molecule has 2 rings (SSSR count). The third kappa shape index (κ3) is 4.44. The van der Waals surface area contributed by atoms with E-state index in [1.165, 1.54) is 56.9 Å². The van der Waals surface area contributed by atoms with E-state index in [2.05, 4.69) is 29.2 Å². The average molecular weight is 251 g/mol. The molecule has 1 N–H and O–H groups in total. The number of aryl methyl sites for hydroxylation is 1. The molecular formula is C15H25NS. The second-order valence-electron chi connectivity index (χ2n) is 5.40. The van der Waals surface area contributed by atoms with E-state index in [1.54, 1.807) is 0 Å². The van der Waals surface area contributed by atoms with Gasteiger partial charge < -0.3 is 5.32 Å². The first-order valence-electron chi connectivity index (χ1n) is 7.07. The van der Waals surface area contributed by atoms with Crippen molar-refractivity contribution in [2.45, 2.75) is 57.4 Å². The third-order valence-corrected chi connectivity index (χ3v) is 4.84. The maximum atomic E-state index is 3.52. The maximum Gasteiger partial charge on any atom is 0.00698 e. The van der Waals surface area contributed by atoms with Gasteiger partial charge in [0.15, 0.2) is 0 Å². The summed E-state index contributed by atoms with van der Waals surface area (Å²) < 4.78 is 0. The maximum absolute atomic E-state index is 3.52. The Morgan fingerprint density at radius 1 is 1.35 bits per heavy atom. The SMILES string of the molecule is CNC(CCc1ccsc1)CC1CCCCC1. The first-order valence-corrected chi connectivity index (χ1v) is 8.01. The number of nitrogens with one attached hydrogen (secondary N) is 1. The van der Waals surface area contributed by atoms with E-state index >= 15 is 0 Å². The molecule has 0 radical (unpaired) electrons. The molecule has 1 aromatic rings. The van der Waals surface area contributed by atoms with Gasteiger partial charge in [-0.2, -0.15) is 11.3 Å². The van der Waals surface area contributed by atoms with Gasteiger partial charge in [-0.1, -0.05) is 32.1 Å². The highest BCUT2D eigenvalue weighted by Gasteiger charge is 2.17. The predicted octanol–water partition coefficient (Wildman–Crippen LogP) is 4.24. The molecule has 96 valence electrons. The summed E-state index contributed by atoms with van der Waals surface area (Å²) in [4.78, 5) is 0. The number of thiophene rings is 1. The van der Waals surface area contributed by atoms with E-state index in [0.29, 0.717) is 0 Å². The van der Waals surface area contributed by atoms with Crippen molar-refractivity contribution in [1.29, 1.82) is 0 Å². The molecule has 0 aromatic carbocycles. The van der Waals surface area contributed by atoms with Crippen LogP contribution in [0.5, 0.6) is 0 Å². The molecule has 1 atom stereocenters. The standard InChI is InChI=1S/C15H25NS/c1-16-15(8-7-14-9-10-17-12-14)11-13-5-3-2-4-6-13/h9-10,12-13,15-16H,2-8,11H2,1H3. The molecule has 1 saturated carbocycles. The third-order valence-electron chi connectivity index (χ3n) is 4.11. The summed E-state index contributed by atoms with van der Waals surface area (Å²) >= 11 is 1.81. The highest BCUT2D eigenvalue weighted by Crippen LogP contribution is 2.28. The summed E-state index contributed by atoms with van der Waals surface area (Å²) in [6, 6.07) is 2.98. The molecule has 1 heterocycles. The van der Waals surface area contributed by atoms with Crippen molar-refractivity contribution < 1.29 is 0 Å². The van der Waals surface area contributed by atoms with Crippen molar-refractivity contribution in [3.8, 4) is 0 Å². The largest absolute Gasteiger partial charge is 0.317 e. The van der Waals surface area contributed by atoms with Gasteiger partial charge in [-0.25, -0.2) is 0 Å². The first-order chi connectivity index (χ1) is 8.38. The Kier molecular flexibility index (Phi) is 5.53. The number of hydrogen-bond acceptors (Lipinski definition) is 2. The van der Waals surface area contributed by atoms with Crippen molar-refractivity contribution in [2.75, 3.05) is 7.05 Å². The van der Waals surface area contributed by atoms with Crippen molar-refractivity contribution in [3.63, 3.8) is 0 Å². The summed E-state index contributed by atoms with van der Waals surface area (Å²) in [5.74, 6) is 0.990. The molecule has 1 fully saturated rings. The summed E-state index contributed by atoms with van der Waals surface area (Å²) in [6.45, 7) is 0. The molecule has 1 aromatic heterocycles. The van der Waals surface area contributed by atoms with Crippen LogP contribution < -0.4 is 5.32 Å². The van der Waals surface area contributed by atoms with Gasteiger partial charge in [0.1, 0.15) is 0 Å². The molecule has 0 bridgehead atoms. The Bertz CT molecular complexity index is 288. The van der Waals surface area contributed by atoms with Crippen LogP contribution in [0.1, 0.15) is 50.5 Å². The minimum Gasteiger partial charge on any atom is -0.317 e. The molecule has 1 aliphatic rings. The minimum atomic E-state index is 0.720. The van der Waals surface area contributed by atoms with Gasteiger partial charge in [-0.05, 0) is 54.6 Å². The van der Waals surface area contributed by atoms with Crippen LogP contribution in [0.25, 0.3) is 0 Å². The van der Waals surface area contributed by atoms with Crippen LogP contribution in [0.4, 0.5) is 0 Å². The summed E-state index contributed by atoms with van der Waals surface area (Å²) in [5.41, 5.74) is 1.51. The van der Waals surface area contributed by atoms with Crippen LogP contribution in [0.3, 0.4) is 0 Å². The van der Waals surface area contributed by atoms with Crippen LogP contribution in [0.15, 0.2) is 16.8 Å². The summed E-state index contributed by atoms with van der Waals surface area (Å²) in [7, 11) is 2.13. The van der Waals surface area contributed by atoms with Crippen molar-refractivity contribution in [3.05, 3.63) is 22.4 Å². The van der Waals surface area contributed by atoms with Crippen molar-refractivity contribution >= 4 is 11.3 Å². The van der Waals surface area contributed by atoms with Gasteiger partial charge in [0.2, 0.25) is 0 Å². The lowest BCUT2D eigenvalue weighted by Crippen LogP contribution is -2.29. The lowest BCUT2D eigenvalue weighted by Gasteiger charge is -2.26. The fourth-order valence-electron chi connectivity index (χ4n) is 2.98. The molecule has 1 unspecified atom stereocenters. The molecule has 2 heteroatoms. The fraction of sp³-hybridized carbons (Fsp3) is 0.733. The first kappa shape index (κ1) is 13.1. The Morgan fingerprint density at radius 3 is 2.82 bits per heavy atom. The second kappa shape index (κ2) is 7.17. The zero-order valence-electron chi connectivity index (χ0n) is 11.0. The topological polar surface area (TPSA) is 12.0 Å². The lowest BCUT2D eigenvalue weighted by molar-refractivity contribution is 0.297. The van der Waals surface area contributed by atoms with Gasteiger partial charge in [0, 0.05) is 6.04 Å². The normalized spacial score (nSPS) is 19.4. The van der Waals surface area contributed by atoms with Crippen LogP contribution in [0.2, 0.25) is 0 Å². The second-order valence-corrected chi connectivity index (χ2v) is 6.18. The van der Waals surface area contributed by atoms with Crippen molar-refractivity contribution in [1.82, 2.24) is 5.32 Å². The van der Waals surface area contributed by atoms with E-state index in [4.69, 9.17) is 0 Å². The number of rotatable bonds is 6. The molecule has 0 saturated heterocycles. The fourth-order valence-corrected chi connectivity index (χ4v) is 3.68. The van der Waals surface area contributed by atoms with Gasteiger partial charge >= 0.3 is 0 Å². The smallest absolute Gasteiger partial charge is 0.00698 e. The Hall–Kier alpha value is -0.340. The lowest BCUT2D eigenvalue weighted by atomic mass is 9.84. The summed E-state index contributed by atoms with van der Waals surface area (Å²) in [5, 5.41) is 7.99. The van der Waals surface area contributed by atoms with Crippen LogP contribution in [-0.2, 0) is 6.42 Å². The van der Waals surface area contributed by atoms with E-state index in [0.717, 1.165) is 12.0 Å². The van der Waals surface area contributed by atoms with Gasteiger partial charge in [-0.3, -0.25) is 0 Å². The van der Waals surface area contributed by atoms with Crippen LogP contribution in [0, 0.1) is 5.92 Å². The molecular weight excluding hydrogens is 226 g/mol. The number of hydrogen-bond donors (Lipinski definition) is 1. The zero-order chi connectivity index (χ0) is 11.9. The summed E-state index contributed by atoms with van der Waals surface area (Å²) in [6.07, 6.45) is 11.3. The molecule has 0 aliphatic heterocycles. The van der Waals surface area contributed by atoms with Crippen molar-refractivity contribution in [2.24, 2.45) is 5.92 Å². The van der Waals surface area contributed by atoms with E-state index < -0.39 is 0 Å². The zero-order valence-corrected chi connectivity index (χ0v) is 11.8. The van der Waals surface area contributed by atoms with Crippen LogP contribution >= 0.6 is 11.3 Å². The molecule has 17 heavy (non-hydrogen) atoms. The molecule has 1 nitrogen and oxygen atoms in total. The average Bonchev–Trinajstić information content (AvgIpc) is 2.89. The monoisotopic (exact) mass is 251 g/mol. The quantitative estimate of drug-likeness (QED) is 0.797. The highest BCUT2D eigenvalue weighted by atomic mass is 32.1. The molecule has 1 aliphatic carbocycles. The van der Waals surface area contributed by atoms with E-state index in [1.807, 2.05) is 11.3 Å². The minimum absolute atomic E-state index is 0.720. The predicted molar refractivity (Wildman–Crippen MR) is 76.7 cm³/mol. The van der Waals surface area contributed by atoms with Gasteiger partial charge in [-0.15, -0.1) is 0 Å². The van der Waals surface area contributed by atoms with E-state index in [-0.39, 0.29) is 0 Å². The Morgan fingerprint density at radius 2 is 2.18 bits per heavy atom. The van der Waals surface area contributed by atoms with Gasteiger partial charge in [0.25, 0.3) is 0 Å². The van der Waals surface area contributed by atoms with Gasteiger partial charge in [0.05, 0.1) is 0 Å². The Labute approximate surface area is 110 Å². The molecule has 0 amide bonds.